The molecule has 130 valence electrons. The van der Waals surface area contributed by atoms with Gasteiger partial charge in [0.2, 0.25) is 0 Å². The van der Waals surface area contributed by atoms with Gasteiger partial charge in [0.05, 0.1) is 7.11 Å². The molecular weight excluding hydrogens is 310 g/mol. The zero-order valence-electron chi connectivity index (χ0n) is 14.7. The summed E-state index contributed by atoms with van der Waals surface area (Å²) in [7, 11) is 1.65. The van der Waals surface area contributed by atoms with Gasteiger partial charge in [-0.1, -0.05) is 61.7 Å². The molecule has 2 aromatic carbocycles. The van der Waals surface area contributed by atoms with Gasteiger partial charge in [-0.2, -0.15) is 0 Å². The van der Waals surface area contributed by atoms with Gasteiger partial charge in [-0.15, -0.1) is 0 Å². The maximum Gasteiger partial charge on any atom is 0.252 e. The molecule has 1 amide bonds. The van der Waals surface area contributed by atoms with Crippen LogP contribution in [-0.4, -0.2) is 19.1 Å². The molecule has 1 aliphatic carbocycles. The third-order valence-electron chi connectivity index (χ3n) is 4.70. The highest BCUT2D eigenvalue weighted by atomic mass is 16.5. The lowest BCUT2D eigenvalue weighted by Gasteiger charge is -2.23. The number of carbonyl (C=O) groups is 1. The van der Waals surface area contributed by atoms with E-state index in [1.54, 1.807) is 7.11 Å². The van der Waals surface area contributed by atoms with Crippen molar-refractivity contribution >= 4 is 17.6 Å². The van der Waals surface area contributed by atoms with Gasteiger partial charge in [0.25, 0.3) is 5.91 Å². The van der Waals surface area contributed by atoms with Crippen LogP contribution in [0.4, 0.5) is 0 Å². The second-order valence-electron chi connectivity index (χ2n) is 6.51. The quantitative estimate of drug-likeness (QED) is 0.636. The molecule has 3 rings (SSSR count). The van der Waals surface area contributed by atoms with Crippen LogP contribution in [0.25, 0.3) is 11.6 Å². The minimum atomic E-state index is 0.00826. The van der Waals surface area contributed by atoms with Crippen molar-refractivity contribution in [2.45, 2.75) is 38.1 Å². The molecule has 1 N–H and O–H groups in total. The minimum absolute atomic E-state index is 0.00826. The van der Waals surface area contributed by atoms with Crippen LogP contribution < -0.4 is 10.1 Å². The van der Waals surface area contributed by atoms with E-state index in [2.05, 4.69) is 5.32 Å². The zero-order chi connectivity index (χ0) is 17.5. The minimum Gasteiger partial charge on any atom is -0.497 e. The highest BCUT2D eigenvalue weighted by molar-refractivity contribution is 6.24. The Morgan fingerprint density at radius 1 is 1.00 bits per heavy atom. The van der Waals surface area contributed by atoms with E-state index >= 15 is 0 Å². The standard InChI is InChI=1S/C22H25NO2/c1-25-20-14-12-17(13-15-20)16-21(18-8-4-2-5-9-18)22(24)23-19-10-6-3-7-11-19/h2,4-5,8-9,12-16,19H,3,6-7,10-11H2,1H3,(H,23,24)/b21-16+. The highest BCUT2D eigenvalue weighted by Gasteiger charge is 2.19. The summed E-state index contributed by atoms with van der Waals surface area (Å²) in [5, 5.41) is 3.23. The zero-order valence-corrected chi connectivity index (χ0v) is 14.7. The summed E-state index contributed by atoms with van der Waals surface area (Å²) in [6.07, 6.45) is 7.79. The predicted molar refractivity (Wildman–Crippen MR) is 102 cm³/mol. The third-order valence-corrected chi connectivity index (χ3v) is 4.70. The lowest BCUT2D eigenvalue weighted by molar-refractivity contribution is -0.116. The molecule has 0 saturated heterocycles. The monoisotopic (exact) mass is 335 g/mol. The van der Waals surface area contributed by atoms with E-state index in [0.717, 1.165) is 29.7 Å². The van der Waals surface area contributed by atoms with Crippen LogP contribution in [0.2, 0.25) is 0 Å². The van der Waals surface area contributed by atoms with Crippen LogP contribution in [0.3, 0.4) is 0 Å². The van der Waals surface area contributed by atoms with Crippen LogP contribution in [0.5, 0.6) is 5.75 Å². The highest BCUT2D eigenvalue weighted by Crippen LogP contribution is 2.22. The first kappa shape index (κ1) is 17.3. The topological polar surface area (TPSA) is 38.3 Å². The summed E-state index contributed by atoms with van der Waals surface area (Å²) in [4.78, 5) is 12.9. The number of carbonyl (C=O) groups excluding carboxylic acids is 1. The molecule has 0 bridgehead atoms. The molecule has 1 saturated carbocycles. The molecule has 0 aliphatic heterocycles. The average molecular weight is 335 g/mol. The lowest BCUT2D eigenvalue weighted by atomic mass is 9.94. The Balaban J connectivity index is 1.86. The summed E-state index contributed by atoms with van der Waals surface area (Å²) < 4.78 is 5.21. The number of hydrogen-bond acceptors (Lipinski definition) is 2. The van der Waals surface area contributed by atoms with Crippen LogP contribution in [0.1, 0.15) is 43.2 Å². The van der Waals surface area contributed by atoms with Gasteiger partial charge in [0, 0.05) is 11.6 Å². The van der Waals surface area contributed by atoms with Gasteiger partial charge in [0.15, 0.2) is 0 Å². The fourth-order valence-electron chi connectivity index (χ4n) is 3.27. The van der Waals surface area contributed by atoms with Gasteiger partial charge in [0.1, 0.15) is 5.75 Å². The van der Waals surface area contributed by atoms with E-state index in [9.17, 15) is 4.79 Å². The smallest absolute Gasteiger partial charge is 0.252 e. The van der Waals surface area contributed by atoms with Gasteiger partial charge >= 0.3 is 0 Å². The van der Waals surface area contributed by atoms with Crippen molar-refractivity contribution in [3.63, 3.8) is 0 Å². The average Bonchev–Trinajstić information content (AvgIpc) is 2.68. The number of benzene rings is 2. The first-order valence-corrected chi connectivity index (χ1v) is 8.98. The molecule has 3 nitrogen and oxygen atoms in total. The molecule has 2 aromatic rings. The maximum absolute atomic E-state index is 12.9. The van der Waals surface area contributed by atoms with Gasteiger partial charge in [-0.25, -0.2) is 0 Å². The van der Waals surface area contributed by atoms with E-state index in [1.807, 2.05) is 60.7 Å². The Labute approximate surface area is 149 Å². The molecule has 0 unspecified atom stereocenters. The number of amides is 1. The second kappa shape index (κ2) is 8.52. The number of nitrogens with one attached hydrogen (secondary N) is 1. The molecule has 0 radical (unpaired) electrons. The Hall–Kier alpha value is -2.55. The van der Waals surface area contributed by atoms with E-state index in [0.29, 0.717) is 11.6 Å². The van der Waals surface area contributed by atoms with Crippen molar-refractivity contribution in [2.24, 2.45) is 0 Å². The Morgan fingerprint density at radius 3 is 2.32 bits per heavy atom. The number of methoxy groups -OCH3 is 1. The molecule has 0 spiro atoms. The Morgan fingerprint density at radius 2 is 1.68 bits per heavy atom. The Kier molecular flexibility index (Phi) is 5.89. The van der Waals surface area contributed by atoms with Gasteiger partial charge < -0.3 is 10.1 Å². The molecule has 1 fully saturated rings. The first-order chi connectivity index (χ1) is 12.3. The van der Waals surface area contributed by atoms with Crippen LogP contribution in [-0.2, 0) is 4.79 Å². The Bertz CT molecular complexity index is 713. The van der Waals surface area contributed by atoms with E-state index in [4.69, 9.17) is 4.74 Å². The fourth-order valence-corrected chi connectivity index (χ4v) is 3.27. The van der Waals surface area contributed by atoms with Crippen molar-refractivity contribution < 1.29 is 9.53 Å². The van der Waals surface area contributed by atoms with Crippen molar-refractivity contribution in [3.05, 3.63) is 65.7 Å². The van der Waals surface area contributed by atoms with Crippen LogP contribution in [0, 0.1) is 0 Å². The molecule has 0 aromatic heterocycles. The first-order valence-electron chi connectivity index (χ1n) is 8.98. The molecule has 0 heterocycles. The van der Waals surface area contributed by atoms with Gasteiger partial charge in [-0.3, -0.25) is 4.79 Å². The number of ether oxygens (including phenoxy) is 1. The van der Waals surface area contributed by atoms with Crippen LogP contribution >= 0.6 is 0 Å². The maximum atomic E-state index is 12.9. The summed E-state index contributed by atoms with van der Waals surface area (Å²) in [6, 6.07) is 17.9. The van der Waals surface area contributed by atoms with Gasteiger partial charge in [-0.05, 0) is 42.2 Å². The van der Waals surface area contributed by atoms with Crippen LogP contribution in [0.15, 0.2) is 54.6 Å². The second-order valence-corrected chi connectivity index (χ2v) is 6.51. The third kappa shape index (κ3) is 4.72. The largest absolute Gasteiger partial charge is 0.497 e. The molecular formula is C22H25NO2. The van der Waals surface area contributed by atoms with Crippen molar-refractivity contribution in [2.75, 3.05) is 7.11 Å². The fraction of sp³-hybridized carbons (Fsp3) is 0.318. The van der Waals surface area contributed by atoms with Crippen molar-refractivity contribution in [3.8, 4) is 5.75 Å². The summed E-state index contributed by atoms with van der Waals surface area (Å²) >= 11 is 0. The lowest BCUT2D eigenvalue weighted by Crippen LogP contribution is -2.36. The molecule has 3 heteroatoms. The van der Waals surface area contributed by atoms with Crippen molar-refractivity contribution in [1.82, 2.24) is 5.32 Å². The summed E-state index contributed by atoms with van der Waals surface area (Å²) in [6.45, 7) is 0. The molecule has 1 aliphatic rings. The number of rotatable bonds is 5. The van der Waals surface area contributed by atoms with E-state index in [1.165, 1.54) is 19.3 Å². The summed E-state index contributed by atoms with van der Waals surface area (Å²) in [5.41, 5.74) is 2.63. The van der Waals surface area contributed by atoms with E-state index < -0.39 is 0 Å². The summed E-state index contributed by atoms with van der Waals surface area (Å²) in [5.74, 6) is 0.819. The van der Waals surface area contributed by atoms with E-state index in [-0.39, 0.29) is 5.91 Å². The van der Waals surface area contributed by atoms with Crippen molar-refractivity contribution in [1.29, 1.82) is 0 Å². The molecule has 0 atom stereocenters. The number of hydrogen-bond donors (Lipinski definition) is 1. The SMILES string of the molecule is COc1ccc(/C=C(/C(=O)NC2CCCCC2)c2ccccc2)cc1. The molecule has 25 heavy (non-hydrogen) atoms. The predicted octanol–water partition coefficient (Wildman–Crippen LogP) is 4.68. The normalized spacial score (nSPS) is 15.6.